The van der Waals surface area contributed by atoms with Crippen molar-refractivity contribution in [1.82, 2.24) is 48.2 Å². The minimum absolute atomic E-state index is 0.00539. The number of nitrogens with one attached hydrogen (secondary N) is 1. The Bertz CT molecular complexity index is 4000. The Morgan fingerprint density at radius 1 is 0.640 bits per heavy atom. The molecule has 0 radical (unpaired) electrons. The average Bonchev–Trinajstić information content (AvgIpc) is 1.69. The van der Waals surface area contributed by atoms with Crippen LogP contribution in [-0.4, -0.2) is 192 Å². The van der Waals surface area contributed by atoms with Gasteiger partial charge < -0.3 is 84.1 Å². The Hall–Kier alpha value is -4.45. The summed E-state index contributed by atoms with van der Waals surface area (Å²) in [5, 5.41) is 22.1. The number of imidazole rings is 1. The van der Waals surface area contributed by atoms with Gasteiger partial charge in [0.15, 0.2) is 36.4 Å². The maximum absolute atomic E-state index is 14.6. The van der Waals surface area contributed by atoms with Crippen LogP contribution in [0.4, 0.5) is 17.5 Å². The lowest BCUT2D eigenvalue weighted by molar-refractivity contribution is -0.188. The van der Waals surface area contributed by atoms with Gasteiger partial charge in [0.2, 0.25) is 0 Å². The summed E-state index contributed by atoms with van der Waals surface area (Å²) in [6, 6.07) is 0. The van der Waals surface area contributed by atoms with Gasteiger partial charge in [-0.25, -0.2) is 33.9 Å². The molecule has 3 unspecified atom stereocenters. The van der Waals surface area contributed by atoms with Crippen molar-refractivity contribution in [1.29, 1.82) is 0 Å². The van der Waals surface area contributed by atoms with E-state index in [0.717, 1.165) is 13.7 Å². The smallest absolute Gasteiger partial charge is 0.386 e. The molecule has 5 aromatic heterocycles. The van der Waals surface area contributed by atoms with E-state index in [1.54, 1.807) is 13.8 Å². The summed E-state index contributed by atoms with van der Waals surface area (Å²) in [5.41, 5.74) is 8.93. The maximum Gasteiger partial charge on any atom is 0.386 e. The van der Waals surface area contributed by atoms with Gasteiger partial charge in [0.1, 0.15) is 94.7 Å². The number of nitrogen functional groups attached to an aromatic ring is 3. The number of aryl methyl sites for hydroxylation is 3. The molecule has 8 fully saturated rings. The van der Waals surface area contributed by atoms with Crippen molar-refractivity contribution in [2.75, 3.05) is 70.1 Å². The van der Waals surface area contributed by atoms with E-state index in [-0.39, 0.29) is 54.0 Å². The predicted molar refractivity (Wildman–Crippen MR) is 297 cm³/mol. The first-order valence-electron chi connectivity index (χ1n) is 26.0. The third-order valence-electron chi connectivity index (χ3n) is 16.3. The fraction of sp³-hybridized carbons (Fsp3) is 0.614. The van der Waals surface area contributed by atoms with Gasteiger partial charge >= 0.3 is 37.3 Å². The van der Waals surface area contributed by atoms with Gasteiger partial charge in [0.05, 0.1) is 59.2 Å². The highest BCUT2D eigenvalue weighted by atomic mass is 32.7. The van der Waals surface area contributed by atoms with Crippen molar-refractivity contribution in [3.05, 3.63) is 89.7 Å². The number of nitrogens with two attached hydrogens (primary N) is 3. The summed E-state index contributed by atoms with van der Waals surface area (Å²) in [5.74, 6) is -0.0527. The third kappa shape index (κ3) is 10.00. The van der Waals surface area contributed by atoms with Crippen LogP contribution in [0.25, 0.3) is 11.2 Å². The molecule has 0 aromatic carbocycles. The number of aromatic nitrogens is 10. The Morgan fingerprint density at radius 2 is 1.09 bits per heavy atom. The molecule has 36 nitrogen and oxygen atoms in total. The van der Waals surface area contributed by atoms with Crippen LogP contribution in [0.3, 0.4) is 0 Å². The number of aliphatic hydroxyl groups is 2. The molecule has 0 spiro atoms. The van der Waals surface area contributed by atoms with E-state index in [0.29, 0.717) is 11.1 Å². The second kappa shape index (κ2) is 21.3. The number of aliphatic hydroxyl groups excluding tert-OH is 2. The number of hydrogen-bond acceptors (Lipinski definition) is 31. The number of anilines is 3. The number of ether oxygens (including phenoxy) is 8. The number of hydrogen-bond donors (Lipinski definition) is 9. The van der Waals surface area contributed by atoms with Crippen LogP contribution in [0.2, 0.25) is 0 Å². The Balaban J connectivity index is 0.757. The van der Waals surface area contributed by atoms with E-state index in [1.165, 1.54) is 42.7 Å². The second-order valence-corrected chi connectivity index (χ2v) is 30.3. The molecule has 466 valence electrons. The van der Waals surface area contributed by atoms with Crippen LogP contribution in [0, 0.1) is 20.8 Å². The van der Waals surface area contributed by atoms with Crippen molar-refractivity contribution >= 4 is 84.7 Å². The molecule has 42 heteroatoms. The number of rotatable bonds is 20. The molecule has 0 saturated carbocycles. The zero-order chi connectivity index (χ0) is 61.0. The first kappa shape index (κ1) is 60.5. The lowest BCUT2D eigenvalue weighted by atomic mass is 10.0. The highest BCUT2D eigenvalue weighted by Gasteiger charge is 2.69. The molecule has 0 amide bonds. The molecule has 19 atom stereocenters. The van der Waals surface area contributed by atoms with E-state index in [9.17, 15) is 43.7 Å². The number of aromatic amines is 1. The summed E-state index contributed by atoms with van der Waals surface area (Å²) < 4.78 is 105. The van der Waals surface area contributed by atoms with Gasteiger partial charge in [0.25, 0.3) is 5.56 Å². The van der Waals surface area contributed by atoms with Crippen LogP contribution < -0.4 is 39.8 Å². The fourth-order valence-corrected chi connectivity index (χ4v) is 16.3. The molecule has 8 aliphatic rings. The van der Waals surface area contributed by atoms with E-state index >= 15 is 0 Å². The highest BCUT2D eigenvalue weighted by Crippen LogP contribution is 2.63. The quantitative estimate of drug-likeness (QED) is 0.0282. The van der Waals surface area contributed by atoms with E-state index in [1.807, 2.05) is 0 Å². The molecule has 13 rings (SSSR count). The molecule has 13 heterocycles. The van der Waals surface area contributed by atoms with Crippen LogP contribution in [0.1, 0.15) is 41.6 Å². The Labute approximate surface area is 497 Å². The van der Waals surface area contributed by atoms with Gasteiger partial charge in [-0.15, -0.1) is 0 Å². The second-order valence-electron chi connectivity index (χ2n) is 21.9. The SMILES string of the molecule is Cc1cn([C@@H]2O[C@@]3(COP(=O)(S)O[C@H]4[C@H]5OC[C@]4(COP(O)(=S)O[C@H]4[C@H]6OC[C@]4(COP(O)(=S)O[C@H]4[C@H]7OC[C@]4(CO)O[C@H]7n4cc(C)c(=O)[nH]c4=O)O[C@H]6n4cc(C)c(N)nc4=O)O[C@H]5n4cnc5c(N)ncnc54)CO[C@@H]2[C@@H]3O)c(=O)nc1N. The van der Waals surface area contributed by atoms with Crippen LogP contribution in [-0.2, 0) is 93.2 Å². The predicted octanol–water partition coefficient (Wildman–Crippen LogP) is -2.74. The molecule has 0 aliphatic carbocycles. The van der Waals surface area contributed by atoms with Crippen LogP contribution in [0.15, 0.2) is 50.4 Å². The number of thiol groups is 1. The molecule has 86 heavy (non-hydrogen) atoms. The first-order chi connectivity index (χ1) is 40.6. The monoisotopic (exact) mass is 1320 g/mol. The summed E-state index contributed by atoms with van der Waals surface area (Å²) in [7, 11) is 0. The summed E-state index contributed by atoms with van der Waals surface area (Å²) in [6.07, 6.45) is -9.12. The van der Waals surface area contributed by atoms with Crippen molar-refractivity contribution in [2.45, 2.75) is 117 Å². The van der Waals surface area contributed by atoms with Gasteiger partial charge in [-0.1, -0.05) is 12.2 Å². The Morgan fingerprint density at radius 3 is 1.67 bits per heavy atom. The summed E-state index contributed by atoms with van der Waals surface area (Å²) in [6.45, 7) is -13.4. The average molecular weight is 1320 g/mol. The maximum atomic E-state index is 14.6. The summed E-state index contributed by atoms with van der Waals surface area (Å²) >= 11 is 15.6. The molecule has 8 aliphatic heterocycles. The molecular weight excluding hydrogens is 1270 g/mol. The number of fused-ring (bicyclic) bond motifs is 9. The highest BCUT2D eigenvalue weighted by molar-refractivity contribution is 8.44. The number of H-pyrrole nitrogens is 1. The number of nitrogens with zero attached hydrogens (tertiary/aromatic N) is 9. The van der Waals surface area contributed by atoms with Gasteiger partial charge in [-0.05, 0) is 44.4 Å². The van der Waals surface area contributed by atoms with Crippen LogP contribution in [0.5, 0.6) is 0 Å². The molecule has 8 bridgehead atoms. The van der Waals surface area contributed by atoms with Crippen molar-refractivity contribution in [3.63, 3.8) is 0 Å². The zero-order valence-electron chi connectivity index (χ0n) is 44.9. The van der Waals surface area contributed by atoms with E-state index in [4.69, 9.17) is 106 Å². The van der Waals surface area contributed by atoms with Crippen molar-refractivity contribution in [3.8, 4) is 0 Å². The largest absolute Gasteiger partial charge is 0.393 e. The molecule has 11 N–H and O–H groups in total. The normalized spacial score (nSPS) is 37.0. The topological polar surface area (TPSA) is 474 Å². The Kier molecular flexibility index (Phi) is 15.0. The van der Waals surface area contributed by atoms with E-state index < -0.39 is 172 Å². The lowest BCUT2D eigenvalue weighted by Gasteiger charge is -2.35. The van der Waals surface area contributed by atoms with E-state index in [2.05, 4.69) is 42.2 Å². The van der Waals surface area contributed by atoms with Crippen molar-refractivity contribution < 1.29 is 89.6 Å². The van der Waals surface area contributed by atoms with Gasteiger partial charge in [0, 0.05) is 35.3 Å². The van der Waals surface area contributed by atoms with Crippen molar-refractivity contribution in [2.24, 2.45) is 0 Å². The fourth-order valence-electron chi connectivity index (χ4n) is 11.8. The standard InChI is InChI=1S/C44H54N13O23P3S3/c1-17-4-54(38(61)51-29(17)45)34-21-25(59)42(75-34,9-67-21)12-71-81(64,84)80-28-24-37(57-16-50-20-31(47)48-15-49-32(20)57)77-44(28,11-70-24)14-73-83(66,86)79-27-23-36(55-5-18(2)30(46)52-39(55)62)76-43(27,10-69-23)13-72-82(65,85)78-26-22-35(74-41(26,7-58)8-68-22)56-6-19(3)33(60)53-40(56)63/h4-6,15-16,21-28,34-37,58-59H,7-14H2,1-3H3,(H,64,84)(H,65,85)(H,66,86)(H2,45,51,61)(H2,46,52,62)(H2,47,48,49)(H,53,60,63)/t21-,22-,23-,24-,25+,26+,27+,28+,34-,35-,36-,37-,41+,42-,43-,44-,81?,82?,83?/m1/s1. The minimum atomic E-state index is -4.69. The zero-order valence-corrected chi connectivity index (χ0v) is 50.1. The summed E-state index contributed by atoms with van der Waals surface area (Å²) in [4.78, 5) is 98.1. The van der Waals surface area contributed by atoms with Gasteiger partial charge in [-0.3, -0.25) is 46.1 Å². The van der Waals surface area contributed by atoms with Gasteiger partial charge in [-0.2, -0.15) is 9.97 Å². The van der Waals surface area contributed by atoms with Crippen LogP contribution >= 0.6 is 32.5 Å². The first-order valence-corrected chi connectivity index (χ1v) is 33.9. The lowest BCUT2D eigenvalue weighted by Crippen LogP contribution is -2.47. The molecular formula is C44H54N13O23P3S3. The third-order valence-corrected chi connectivity index (χ3v) is 21.0. The minimum Gasteiger partial charge on any atom is -0.393 e. The molecule has 8 saturated heterocycles. The molecule has 5 aromatic rings.